The predicted molar refractivity (Wildman–Crippen MR) is 81.5 cm³/mol. The third-order valence-corrected chi connectivity index (χ3v) is 4.50. The van der Waals surface area contributed by atoms with Gasteiger partial charge in [-0.1, -0.05) is 30.0 Å². The fourth-order valence-corrected chi connectivity index (χ4v) is 3.14. The van der Waals surface area contributed by atoms with Gasteiger partial charge in [-0.25, -0.2) is 4.68 Å². The van der Waals surface area contributed by atoms with Crippen LogP contribution in [0, 0.1) is 6.92 Å². The fraction of sp³-hybridized carbons (Fsp3) is 0.286. The Bertz CT molecular complexity index is 807. The van der Waals surface area contributed by atoms with Gasteiger partial charge in [-0.3, -0.25) is 4.79 Å². The molecule has 0 saturated heterocycles. The Morgan fingerprint density at radius 3 is 2.86 bits per heavy atom. The first-order valence-corrected chi connectivity index (χ1v) is 7.46. The van der Waals surface area contributed by atoms with Crippen molar-refractivity contribution in [2.45, 2.75) is 24.3 Å². The van der Waals surface area contributed by atoms with Gasteiger partial charge >= 0.3 is 0 Å². The number of para-hydroxylation sites is 1. The largest absolute Gasteiger partial charge is 0.358 e. The van der Waals surface area contributed by atoms with Crippen molar-refractivity contribution in [2.24, 2.45) is 7.05 Å². The van der Waals surface area contributed by atoms with Gasteiger partial charge in [0.15, 0.2) is 5.78 Å². The van der Waals surface area contributed by atoms with Gasteiger partial charge in [-0.2, -0.15) is 0 Å². The summed E-state index contributed by atoms with van der Waals surface area (Å²) in [5.41, 5.74) is 2.63. The lowest BCUT2D eigenvalue weighted by molar-refractivity contribution is 0.0995. The lowest BCUT2D eigenvalue weighted by Gasteiger charge is -2.09. The van der Waals surface area contributed by atoms with Crippen LogP contribution in [0.5, 0.6) is 0 Å². The highest BCUT2D eigenvalue weighted by molar-refractivity contribution is 8.00. The number of tetrazole rings is 1. The Morgan fingerprint density at radius 1 is 1.38 bits per heavy atom. The van der Waals surface area contributed by atoms with E-state index in [4.69, 9.17) is 0 Å². The van der Waals surface area contributed by atoms with Gasteiger partial charge in [0, 0.05) is 29.2 Å². The summed E-state index contributed by atoms with van der Waals surface area (Å²) in [5.74, 6) is 0.0814. The molecule has 0 radical (unpaired) electrons. The molecule has 1 N–H and O–H groups in total. The minimum absolute atomic E-state index is 0.0814. The topological polar surface area (TPSA) is 76.5 Å². The third kappa shape index (κ3) is 2.44. The SMILES string of the molecule is Cc1[nH]c2ccccc2c1C(=O)[C@H](C)Sc1nnnn1C. The van der Waals surface area contributed by atoms with E-state index in [1.807, 2.05) is 38.1 Å². The molecular formula is C14H15N5OS. The maximum atomic E-state index is 12.8. The van der Waals surface area contributed by atoms with E-state index in [-0.39, 0.29) is 11.0 Å². The van der Waals surface area contributed by atoms with Crippen LogP contribution in [0.25, 0.3) is 10.9 Å². The van der Waals surface area contributed by atoms with Crippen LogP contribution >= 0.6 is 11.8 Å². The van der Waals surface area contributed by atoms with Gasteiger partial charge in [0.25, 0.3) is 0 Å². The number of nitrogens with one attached hydrogen (secondary N) is 1. The van der Waals surface area contributed by atoms with Crippen molar-refractivity contribution >= 4 is 28.4 Å². The van der Waals surface area contributed by atoms with E-state index in [1.54, 1.807) is 11.7 Å². The number of rotatable bonds is 4. The van der Waals surface area contributed by atoms with Gasteiger partial charge in [-0.15, -0.1) is 5.10 Å². The molecule has 0 saturated carbocycles. The van der Waals surface area contributed by atoms with Gasteiger partial charge in [0.05, 0.1) is 5.25 Å². The fourth-order valence-electron chi connectivity index (χ4n) is 2.33. The smallest absolute Gasteiger partial charge is 0.209 e. The maximum Gasteiger partial charge on any atom is 0.209 e. The standard InChI is InChI=1S/C14H15N5OS/c1-8-12(10-6-4-5-7-11(10)15-8)13(20)9(2)21-14-16-17-18-19(14)3/h4-7,9,15H,1-3H3/t9-/m0/s1. The van der Waals surface area contributed by atoms with Crippen LogP contribution in [0.4, 0.5) is 0 Å². The molecule has 21 heavy (non-hydrogen) atoms. The van der Waals surface area contributed by atoms with E-state index in [0.717, 1.165) is 22.2 Å². The first-order chi connectivity index (χ1) is 10.1. The van der Waals surface area contributed by atoms with Crippen molar-refractivity contribution in [1.29, 1.82) is 0 Å². The summed E-state index contributed by atoms with van der Waals surface area (Å²) in [4.78, 5) is 16.0. The van der Waals surface area contributed by atoms with Crippen molar-refractivity contribution in [3.63, 3.8) is 0 Å². The number of thioether (sulfide) groups is 1. The first kappa shape index (κ1) is 13.8. The number of nitrogens with zero attached hydrogens (tertiary/aromatic N) is 4. The van der Waals surface area contributed by atoms with Crippen molar-refractivity contribution in [1.82, 2.24) is 25.2 Å². The molecule has 0 bridgehead atoms. The molecule has 6 nitrogen and oxygen atoms in total. The molecule has 0 aliphatic rings. The van der Waals surface area contributed by atoms with E-state index in [2.05, 4.69) is 20.5 Å². The number of ketones is 1. The number of fused-ring (bicyclic) bond motifs is 1. The number of aromatic nitrogens is 5. The zero-order valence-electron chi connectivity index (χ0n) is 12.0. The van der Waals surface area contributed by atoms with Crippen LogP contribution < -0.4 is 0 Å². The zero-order valence-corrected chi connectivity index (χ0v) is 12.8. The summed E-state index contributed by atoms with van der Waals surface area (Å²) in [6.07, 6.45) is 0. The Kier molecular flexibility index (Phi) is 3.50. The summed E-state index contributed by atoms with van der Waals surface area (Å²) in [6, 6.07) is 7.84. The Morgan fingerprint density at radius 2 is 2.14 bits per heavy atom. The van der Waals surface area contributed by atoms with E-state index in [0.29, 0.717) is 5.16 Å². The summed E-state index contributed by atoms with van der Waals surface area (Å²) in [6.45, 7) is 3.80. The highest BCUT2D eigenvalue weighted by Gasteiger charge is 2.23. The lowest BCUT2D eigenvalue weighted by atomic mass is 10.1. The third-order valence-electron chi connectivity index (χ3n) is 3.37. The Balaban J connectivity index is 1.93. The van der Waals surface area contributed by atoms with Gasteiger partial charge in [0.1, 0.15) is 0 Å². The van der Waals surface area contributed by atoms with Gasteiger partial charge in [0.2, 0.25) is 5.16 Å². The molecule has 0 spiro atoms. The normalized spacial score (nSPS) is 12.7. The van der Waals surface area contributed by atoms with Crippen LogP contribution in [0.2, 0.25) is 0 Å². The summed E-state index contributed by atoms with van der Waals surface area (Å²) < 4.78 is 1.57. The number of aryl methyl sites for hydroxylation is 2. The zero-order chi connectivity index (χ0) is 15.0. The molecule has 0 amide bonds. The quantitative estimate of drug-likeness (QED) is 0.591. The molecule has 0 fully saturated rings. The van der Waals surface area contributed by atoms with Crippen molar-refractivity contribution in [3.8, 4) is 0 Å². The number of carbonyl (C=O) groups excluding carboxylic acids is 1. The number of H-pyrrole nitrogens is 1. The lowest BCUT2D eigenvalue weighted by Crippen LogP contribution is -2.15. The maximum absolute atomic E-state index is 12.8. The van der Waals surface area contributed by atoms with E-state index in [1.165, 1.54) is 11.8 Å². The molecule has 0 unspecified atom stereocenters. The van der Waals surface area contributed by atoms with E-state index < -0.39 is 0 Å². The molecule has 0 aliphatic carbocycles. The van der Waals surface area contributed by atoms with Crippen molar-refractivity contribution < 1.29 is 4.79 Å². The number of benzene rings is 1. The molecule has 0 aliphatic heterocycles. The highest BCUT2D eigenvalue weighted by atomic mass is 32.2. The number of carbonyl (C=O) groups is 1. The van der Waals surface area contributed by atoms with Crippen molar-refractivity contribution in [3.05, 3.63) is 35.5 Å². The van der Waals surface area contributed by atoms with Crippen LogP contribution in [0.1, 0.15) is 23.0 Å². The van der Waals surface area contributed by atoms with Gasteiger partial charge in [-0.05, 0) is 30.3 Å². The molecule has 108 valence electrons. The average molecular weight is 301 g/mol. The Hall–Kier alpha value is -2.15. The molecule has 2 aromatic heterocycles. The summed E-state index contributed by atoms with van der Waals surface area (Å²) in [7, 11) is 1.76. The Labute approximate surface area is 125 Å². The second kappa shape index (κ2) is 5.33. The summed E-state index contributed by atoms with van der Waals surface area (Å²) in [5, 5.41) is 12.6. The first-order valence-electron chi connectivity index (χ1n) is 6.58. The molecular weight excluding hydrogens is 286 g/mol. The molecule has 1 atom stereocenters. The molecule has 3 rings (SSSR count). The molecule has 3 aromatic rings. The van der Waals surface area contributed by atoms with E-state index in [9.17, 15) is 4.79 Å². The molecule has 1 aromatic carbocycles. The van der Waals surface area contributed by atoms with E-state index >= 15 is 0 Å². The second-order valence-electron chi connectivity index (χ2n) is 4.88. The van der Waals surface area contributed by atoms with Crippen LogP contribution in [0.3, 0.4) is 0 Å². The van der Waals surface area contributed by atoms with Crippen LogP contribution in [-0.2, 0) is 7.05 Å². The predicted octanol–water partition coefficient (Wildman–Crippen LogP) is 2.36. The molecule has 2 heterocycles. The number of Topliss-reactive ketones (excluding diaryl/α,β-unsaturated/α-hetero) is 1. The highest BCUT2D eigenvalue weighted by Crippen LogP contribution is 2.28. The van der Waals surface area contributed by atoms with Crippen molar-refractivity contribution in [2.75, 3.05) is 0 Å². The van der Waals surface area contributed by atoms with Crippen LogP contribution in [0.15, 0.2) is 29.4 Å². The summed E-state index contributed by atoms with van der Waals surface area (Å²) >= 11 is 1.36. The number of hydrogen-bond donors (Lipinski definition) is 1. The average Bonchev–Trinajstić information content (AvgIpc) is 3.01. The molecule has 7 heteroatoms. The van der Waals surface area contributed by atoms with Gasteiger partial charge < -0.3 is 4.98 Å². The number of hydrogen-bond acceptors (Lipinski definition) is 5. The minimum Gasteiger partial charge on any atom is -0.358 e. The number of aromatic amines is 1. The van der Waals surface area contributed by atoms with Crippen LogP contribution in [-0.4, -0.2) is 36.2 Å². The minimum atomic E-state index is -0.257. The monoisotopic (exact) mass is 301 g/mol. The second-order valence-corrected chi connectivity index (χ2v) is 6.19.